The third kappa shape index (κ3) is 14.1. The van der Waals surface area contributed by atoms with Crippen molar-refractivity contribution in [1.82, 2.24) is 19.9 Å². The second-order valence-corrected chi connectivity index (χ2v) is 39.2. The van der Waals surface area contributed by atoms with Crippen LogP contribution in [0.5, 0.6) is 0 Å². The Balaban J connectivity index is 0.0000134. The Bertz CT molecular complexity index is 6100. The fourth-order valence-electron chi connectivity index (χ4n) is 15.7. The summed E-state index contributed by atoms with van der Waals surface area (Å²) in [5.74, 6) is -13.0. The van der Waals surface area contributed by atoms with E-state index in [0.717, 1.165) is 0 Å². The van der Waals surface area contributed by atoms with Gasteiger partial charge in [-0.25, -0.2) is 64.5 Å². The first-order valence-corrected chi connectivity index (χ1v) is 38.9. The second-order valence-electron chi connectivity index (χ2n) is 39.2. The molecule has 21 heteroatoms. The van der Waals surface area contributed by atoms with Gasteiger partial charge >= 0.3 is 21.1 Å². The van der Waals surface area contributed by atoms with E-state index in [1.54, 1.807) is 72.8 Å². The second kappa shape index (κ2) is 29.4. The minimum atomic E-state index is -1.63. The Labute approximate surface area is 714 Å². The van der Waals surface area contributed by atoms with Gasteiger partial charge in [-0.2, -0.15) is 21.0 Å². The van der Waals surface area contributed by atoms with E-state index in [0.29, 0.717) is 44.5 Å². The maximum atomic E-state index is 19.7. The summed E-state index contributed by atoms with van der Waals surface area (Å²) >= 11 is 0. The molecule has 8 aromatic carbocycles. The van der Waals surface area contributed by atoms with Gasteiger partial charge in [0.1, 0.15) is 81.4 Å². The molecule has 2 aliphatic heterocycles. The first-order valence-electron chi connectivity index (χ1n) is 38.9. The van der Waals surface area contributed by atoms with E-state index in [1.165, 1.54) is 0 Å². The first kappa shape index (κ1) is 87.8. The Morgan fingerprint density at radius 1 is 0.256 bits per heavy atom. The van der Waals surface area contributed by atoms with Gasteiger partial charge < -0.3 is 9.97 Å². The normalized spacial score (nSPS) is 12.5. The van der Waals surface area contributed by atoms with Crippen LogP contribution in [0.4, 0.5) is 57.9 Å². The summed E-state index contributed by atoms with van der Waals surface area (Å²) in [7, 11) is 0. The molecule has 0 unspecified atom stereocenters. The molecule has 0 spiro atoms. The molecular weight excluding hydrogens is 1720 g/mol. The van der Waals surface area contributed by atoms with Crippen LogP contribution in [-0.2, 0) is 64.4 Å². The van der Waals surface area contributed by atoms with Crippen molar-refractivity contribution in [1.29, 1.82) is 21.0 Å². The molecule has 0 saturated carbocycles. The molecule has 1 aliphatic carbocycles. The number of nitriles is 4. The minimum absolute atomic E-state index is 0. The fraction of sp³-hybridized carbons (Fsp3) is 0.320. The molecular formula is C100H84F8N12Pt. The molecule has 4 heterocycles. The van der Waals surface area contributed by atoms with Gasteiger partial charge in [-0.3, -0.25) is 0 Å². The average molecular weight is 1800 g/mol. The summed E-state index contributed by atoms with van der Waals surface area (Å²) in [5, 5.41) is 41.4. The van der Waals surface area contributed by atoms with E-state index in [-0.39, 0.29) is 43.3 Å². The smallest absolute Gasteiger partial charge is 0.656 e. The maximum Gasteiger partial charge on any atom is 2.00 e. The van der Waals surface area contributed by atoms with E-state index < -0.39 is 246 Å². The number of hydrogen-bond donors (Lipinski definition) is 0. The summed E-state index contributed by atoms with van der Waals surface area (Å²) in [6.07, 6.45) is 0. The summed E-state index contributed by atoms with van der Waals surface area (Å²) in [5.41, 5.74) is -24.7. The van der Waals surface area contributed by atoms with Gasteiger partial charge in [-0.05, 0) is 143 Å². The average Bonchev–Trinajstić information content (AvgIpc) is 1.53. The van der Waals surface area contributed by atoms with Crippen LogP contribution in [-0.4, -0.2) is 9.97 Å². The Hall–Kier alpha value is -12.6. The van der Waals surface area contributed by atoms with Crippen molar-refractivity contribution in [3.63, 3.8) is 0 Å². The van der Waals surface area contributed by atoms with Gasteiger partial charge in [0.15, 0.2) is 11.6 Å². The van der Waals surface area contributed by atoms with Crippen molar-refractivity contribution >= 4 is 66.4 Å². The Kier molecular flexibility index (Phi) is 21.3. The van der Waals surface area contributed by atoms with E-state index in [4.69, 9.17) is 46.2 Å². The van der Waals surface area contributed by atoms with E-state index in [9.17, 15) is 21.0 Å². The number of rotatable bonds is 4. The number of nitrogens with zero attached hydrogens (tertiary/aromatic N) is 12. The molecule has 2 aromatic heterocycles. The summed E-state index contributed by atoms with van der Waals surface area (Å²) < 4.78 is 158. The van der Waals surface area contributed by atoms with Crippen LogP contribution in [0.2, 0.25) is 0 Å². The Morgan fingerprint density at radius 2 is 0.421 bits per heavy atom. The van der Waals surface area contributed by atoms with Gasteiger partial charge in [-0.1, -0.05) is 239 Å². The minimum Gasteiger partial charge on any atom is -0.656 e. The summed E-state index contributed by atoms with van der Waals surface area (Å²) in [4.78, 5) is 35.7. The van der Waals surface area contributed by atoms with Crippen molar-refractivity contribution in [2.75, 3.05) is 0 Å². The predicted octanol–water partition coefficient (Wildman–Crippen LogP) is 28.4. The van der Waals surface area contributed by atoms with Crippen molar-refractivity contribution in [3.05, 3.63) is 232 Å². The molecule has 121 heavy (non-hydrogen) atoms. The topological polar surface area (TPSA) is 167 Å². The van der Waals surface area contributed by atoms with Gasteiger partial charge in [-0.15, -0.1) is 22.1 Å². The molecule has 0 amide bonds. The van der Waals surface area contributed by atoms with Crippen LogP contribution in [0.3, 0.4) is 0 Å². The zero-order valence-electron chi connectivity index (χ0n) is 71.6. The summed E-state index contributed by atoms with van der Waals surface area (Å²) in [6, 6.07) is 27.2. The predicted molar refractivity (Wildman–Crippen MR) is 458 cm³/mol. The standard InChI is InChI=1S/C100H84F8N12.Pt/c1-93(2,3)49-29-45(30-50(37-49)94(4,5)6)61-81-65-67(75(103)59(43-111)57(41-109)73(65)101)83(117-81)62(46-31-51(95(7,8)9)38-52(32-46)96(10,11)12)85-69-71(79(107)91(115-27)89(113-25)77(69)105)87(119-85)64(48-35-55(99(19,20)21)40-56(36-48)100(22,23)24)88-72-70(78(106)90(114-26)92(116-28)80(72)108)86(120-88)63(47-33-53(97(13,14)15)39-54(34-47)98(16,17)18)84-68-66(82(61)118-84)74(102)58(42-110)60(44-112)76(68)104;/h29-40H,1-24H3;/q-2;+2. The van der Waals surface area contributed by atoms with Crippen LogP contribution in [0, 0.1) is 118 Å². The molecule has 13 rings (SSSR count). The molecule has 0 saturated heterocycles. The van der Waals surface area contributed by atoms with E-state index in [1.807, 2.05) is 190 Å². The molecule has 10 aromatic rings. The molecule has 3 aliphatic rings. The van der Waals surface area contributed by atoms with Crippen LogP contribution >= 0.6 is 0 Å². The van der Waals surface area contributed by atoms with Crippen molar-refractivity contribution < 1.29 is 56.2 Å². The van der Waals surface area contributed by atoms with Crippen molar-refractivity contribution in [2.24, 2.45) is 0 Å². The van der Waals surface area contributed by atoms with Gasteiger partial charge in [0.25, 0.3) is 0 Å². The molecule has 0 fully saturated rings. The van der Waals surface area contributed by atoms with Gasteiger partial charge in [0.2, 0.25) is 22.7 Å². The number of benzene rings is 8. The van der Waals surface area contributed by atoms with E-state index in [2.05, 4.69) is 19.4 Å². The zero-order chi connectivity index (χ0) is 88.7. The van der Waals surface area contributed by atoms with Crippen molar-refractivity contribution in [3.8, 4) is 114 Å². The van der Waals surface area contributed by atoms with Crippen LogP contribution in [0.15, 0.2) is 72.8 Å². The largest absolute Gasteiger partial charge is 2.00 e. The number of hydrogen-bond acceptors (Lipinski definition) is 6. The van der Waals surface area contributed by atoms with Crippen LogP contribution in [0.1, 0.15) is 233 Å². The molecule has 0 radical (unpaired) electrons. The van der Waals surface area contributed by atoms with Gasteiger partial charge in [0, 0.05) is 21.9 Å². The Morgan fingerprint density at radius 3 is 0.595 bits per heavy atom. The zero-order valence-corrected chi connectivity index (χ0v) is 73.9. The molecule has 0 N–H and O–H groups in total. The maximum absolute atomic E-state index is 19.7. The van der Waals surface area contributed by atoms with Gasteiger partial charge in [0.05, 0.1) is 60.2 Å². The fourth-order valence-corrected chi connectivity index (χ4v) is 15.7. The van der Waals surface area contributed by atoms with E-state index >= 15 is 35.1 Å². The molecule has 610 valence electrons. The number of aromatic nitrogens is 4. The monoisotopic (exact) mass is 1800 g/mol. The quantitative estimate of drug-likeness (QED) is 0.124. The molecule has 12 nitrogen and oxygen atoms in total. The van der Waals surface area contributed by atoms with Crippen LogP contribution in [0.25, 0.3) is 153 Å². The SMILES string of the molecule is [C-]#[N+]c1c(F)c2c(c(F)c1[N+]#[C-])-c1nc-2c(-c2cc(C(C)(C)C)cc(C(C)(C)C)c2)c2[n-]c(c(-c3cc(C(C)(C)C)cc(C(C)(C)C)c3)c3nc(c(-c4cc(C(C)(C)C)cc(C(C)(C)C)c4)c4[n-]c(c1-c1cc(C(C)(C)C)cc(C(C)(C)C)c1)c1c(F)c([N+]#[C-])c([N+]#[C-])c(F)c41)-c1c(F)c(C#N)c(C#N)c(F)c1-3)c1c(F)c(C#N)c(C#N)c(F)c21.[Pt+2]. The third-order valence-electron chi connectivity index (χ3n) is 22.8. The van der Waals surface area contributed by atoms with Crippen LogP contribution < -0.4 is 9.97 Å². The first-order chi connectivity index (χ1) is 55.6. The third-order valence-corrected chi connectivity index (χ3v) is 22.8. The molecule has 0 atom stereocenters. The summed E-state index contributed by atoms with van der Waals surface area (Å²) in [6.45, 7) is 79.5. The molecule has 8 bridgehead atoms. The number of halogens is 8. The van der Waals surface area contributed by atoms with Crippen molar-refractivity contribution in [2.45, 2.75) is 209 Å².